The summed E-state index contributed by atoms with van der Waals surface area (Å²) in [5, 5.41) is 22.6. The van der Waals surface area contributed by atoms with Crippen LogP contribution in [0.2, 0.25) is 47.1 Å². The summed E-state index contributed by atoms with van der Waals surface area (Å²) in [4.78, 5) is 0. The molecule has 13 heteroatoms. The van der Waals surface area contributed by atoms with Crippen molar-refractivity contribution in [1.82, 2.24) is 0 Å². The topological polar surface area (TPSA) is 0 Å². The van der Waals surface area contributed by atoms with Crippen molar-refractivity contribution in [3.63, 3.8) is 0 Å². The Balaban J connectivity index is -0.0000000826. The van der Waals surface area contributed by atoms with E-state index in [1.54, 1.807) is 61.8 Å². The van der Waals surface area contributed by atoms with Crippen molar-refractivity contribution in [2.45, 2.75) is 186 Å². The van der Waals surface area contributed by atoms with Gasteiger partial charge >= 0.3 is 360 Å². The number of allylic oxidation sites excluding steroid dienone is 16. The van der Waals surface area contributed by atoms with E-state index in [2.05, 4.69) is 206 Å². The monoisotopic (exact) mass is 1180 g/mol. The van der Waals surface area contributed by atoms with Crippen molar-refractivity contribution in [3.05, 3.63) is 82.4 Å². The smallest absolute Gasteiger partial charge is 1.00 e. The SMILES string of the molecule is CC1=C(C)C(C)(C)[C]([Ti+2]([CH3])([CH3])[CH3])=C1C.CC1=C(C)C(C)(C)[C]([Ti+2]([CH3])([CH3])[CH3])=C1C.CC1=C(C)C(C)(C)[C]([Ti+2]([CH3])([CH3])[CH3])=C1C.CC1=C(C)C(C)(C)[C]([Ti+3])=C1C.[Cl-].[Cl-].[Cl-].[Cl-].[Cl-].[Cl-].[Cl-].[Cl-].[Cl-]. The van der Waals surface area contributed by atoms with Gasteiger partial charge in [-0.25, -0.2) is 0 Å². The molecule has 0 saturated carbocycles. The molecule has 0 nitrogen and oxygen atoms in total. The van der Waals surface area contributed by atoms with E-state index in [1.165, 1.54) is 20.6 Å². The predicted octanol–water partition coefficient (Wildman–Crippen LogP) is -8.98. The van der Waals surface area contributed by atoms with Gasteiger partial charge in [-0.15, -0.1) is 0 Å². The normalized spacial score (nSPS) is 18.5. The van der Waals surface area contributed by atoms with E-state index >= 15 is 0 Å². The number of halogens is 9. The Hall–Kier alpha value is 3.39. The summed E-state index contributed by atoms with van der Waals surface area (Å²) >= 11 is -2.78. The zero-order chi connectivity index (χ0) is 42.7. The van der Waals surface area contributed by atoms with Crippen LogP contribution in [-0.2, 0) is 70.2 Å². The first-order valence-corrected chi connectivity index (χ1v) is 37.7. The van der Waals surface area contributed by atoms with Crippen molar-refractivity contribution in [3.8, 4) is 0 Å². The van der Waals surface area contributed by atoms with Gasteiger partial charge in [-0.1, -0.05) is 0 Å². The molecular formula is C49H87Cl9Ti4. The zero-order valence-corrected chi connectivity index (χ0v) is 57.5. The van der Waals surface area contributed by atoms with Crippen molar-refractivity contribution in [2.75, 3.05) is 0 Å². The molecule has 0 aromatic carbocycles. The van der Waals surface area contributed by atoms with E-state index in [1.807, 2.05) is 0 Å². The Morgan fingerprint density at radius 3 is 0.452 bits per heavy atom. The summed E-state index contributed by atoms with van der Waals surface area (Å²) < 4.78 is 6.93. The van der Waals surface area contributed by atoms with Gasteiger partial charge in [0.05, 0.1) is 0 Å². The van der Waals surface area contributed by atoms with Gasteiger partial charge in [-0.2, -0.15) is 0 Å². The molecule has 0 saturated heterocycles. The molecule has 4 aliphatic rings. The molecule has 4 rings (SSSR count). The Labute approximate surface area is 465 Å². The molecule has 0 amide bonds. The van der Waals surface area contributed by atoms with Crippen molar-refractivity contribution >= 4 is 0 Å². The van der Waals surface area contributed by atoms with Gasteiger partial charge in [0.1, 0.15) is 0 Å². The van der Waals surface area contributed by atoms with Gasteiger partial charge in [-0.3, -0.25) is 0 Å². The number of rotatable bonds is 3. The minimum Gasteiger partial charge on any atom is -1.00 e. The molecule has 0 heterocycles. The molecule has 62 heavy (non-hydrogen) atoms. The molecule has 0 spiro atoms. The zero-order valence-electron chi connectivity index (χ0n) is 44.4. The fraction of sp³-hybridized carbons (Fsp3) is 0.673. The molecule has 0 radical (unpaired) electrons. The Morgan fingerprint density at radius 1 is 0.258 bits per heavy atom. The van der Waals surface area contributed by atoms with Crippen LogP contribution in [0.4, 0.5) is 0 Å². The number of hydrogen-bond acceptors (Lipinski definition) is 0. The third-order valence-corrected chi connectivity index (χ3v) is 27.8. The van der Waals surface area contributed by atoms with E-state index in [4.69, 9.17) is 0 Å². The van der Waals surface area contributed by atoms with Gasteiger partial charge in [-0.05, 0) is 0 Å². The van der Waals surface area contributed by atoms with Crippen LogP contribution in [0.5, 0.6) is 0 Å². The maximum atomic E-state index is 2.51. The van der Waals surface area contributed by atoms with E-state index in [0.717, 1.165) is 0 Å². The quantitative estimate of drug-likeness (QED) is 0.247. The minimum absolute atomic E-state index is 0. The van der Waals surface area contributed by atoms with Gasteiger partial charge < -0.3 is 112 Å². The van der Waals surface area contributed by atoms with E-state index < -0.39 is 49.8 Å². The Kier molecular flexibility index (Phi) is 40.8. The van der Waals surface area contributed by atoms with Crippen LogP contribution in [0.25, 0.3) is 0 Å². The number of hydrogen-bond donors (Lipinski definition) is 0. The van der Waals surface area contributed by atoms with Gasteiger partial charge in [0.15, 0.2) is 0 Å². The maximum absolute atomic E-state index is 2.51. The first-order valence-electron chi connectivity index (χ1n) is 20.5. The fourth-order valence-corrected chi connectivity index (χ4v) is 27.3. The van der Waals surface area contributed by atoms with Crippen LogP contribution >= 0.6 is 0 Å². The summed E-state index contributed by atoms with van der Waals surface area (Å²) in [5.41, 5.74) is 20.1. The van der Waals surface area contributed by atoms with Gasteiger partial charge in [0, 0.05) is 0 Å². The van der Waals surface area contributed by atoms with Crippen molar-refractivity contribution in [1.29, 1.82) is 0 Å². The van der Waals surface area contributed by atoms with Crippen LogP contribution < -0.4 is 112 Å². The molecule has 0 bridgehead atoms. The standard InChI is InChI=1S/4C10H15.9CH3.9ClH.4Ti/c4*1-7-6-10(4,5)9(3)8(7)2;;;;;;;;;;;;;;;;;;;;;;/h4*1-5H3;9*1H3;9*1H;;;;/q;;;;;;;;;;;;;;;;;;;;;;3*+2;+3/p-9. The van der Waals surface area contributed by atoms with Crippen LogP contribution in [0.3, 0.4) is 0 Å². The summed E-state index contributed by atoms with van der Waals surface area (Å²) in [6, 6.07) is 0. The van der Waals surface area contributed by atoms with Crippen molar-refractivity contribution < 1.29 is 182 Å². The molecule has 362 valence electrons. The second kappa shape index (κ2) is 29.7. The molecule has 0 aromatic rings. The maximum Gasteiger partial charge on any atom is -1.00 e. The van der Waals surface area contributed by atoms with Crippen molar-refractivity contribution in [2.24, 2.45) is 21.7 Å². The third-order valence-electron chi connectivity index (χ3n) is 14.5. The molecule has 0 aromatic heterocycles. The Bertz CT molecular complexity index is 1590. The summed E-state index contributed by atoms with van der Waals surface area (Å²) in [6.07, 6.45) is 0. The van der Waals surface area contributed by atoms with Crippen LogP contribution in [0, 0.1) is 21.7 Å². The van der Waals surface area contributed by atoms with Gasteiger partial charge in [0.25, 0.3) is 0 Å². The van der Waals surface area contributed by atoms with Crippen LogP contribution in [0.15, 0.2) is 82.4 Å². The van der Waals surface area contributed by atoms with E-state index in [-0.39, 0.29) is 112 Å². The molecule has 0 atom stereocenters. The van der Waals surface area contributed by atoms with E-state index in [0.29, 0.717) is 21.7 Å². The minimum atomic E-state index is -1.68. The molecule has 0 N–H and O–H groups in total. The first-order chi connectivity index (χ1) is 23.2. The molecule has 0 unspecified atom stereocenters. The largest absolute Gasteiger partial charge is 1.00 e. The second-order valence-corrected chi connectivity index (χ2v) is 46.5. The molecule has 4 aliphatic carbocycles. The molecule has 0 fully saturated rings. The van der Waals surface area contributed by atoms with Crippen LogP contribution in [-0.4, -0.2) is 0 Å². The summed E-state index contributed by atoms with van der Waals surface area (Å²) in [6.45, 7) is 46.4. The average molecular weight is 1190 g/mol. The molecule has 0 aliphatic heterocycles. The summed E-state index contributed by atoms with van der Waals surface area (Å²) in [5.74, 6) is 0. The average Bonchev–Trinajstić information content (AvgIpc) is 3.38. The third kappa shape index (κ3) is 17.9. The van der Waals surface area contributed by atoms with Gasteiger partial charge in [0.2, 0.25) is 0 Å². The fourth-order valence-electron chi connectivity index (χ4n) is 10.9. The second-order valence-electron chi connectivity index (χ2n) is 22.2. The first kappa shape index (κ1) is 85.3. The van der Waals surface area contributed by atoms with Crippen LogP contribution in [0.1, 0.15) is 138 Å². The molecular weight excluding hydrogens is 1100 g/mol. The van der Waals surface area contributed by atoms with E-state index in [9.17, 15) is 0 Å². The predicted molar refractivity (Wildman–Crippen MR) is 232 cm³/mol. The summed E-state index contributed by atoms with van der Waals surface area (Å²) in [7, 11) is 0. The Morgan fingerprint density at radius 2 is 0.403 bits per heavy atom.